The maximum Gasteiger partial charge on any atom is 0.170 e. The van der Waals surface area contributed by atoms with Crippen molar-refractivity contribution in [1.29, 1.82) is 0 Å². The van der Waals surface area contributed by atoms with Crippen LogP contribution in [0.3, 0.4) is 0 Å². The minimum absolute atomic E-state index is 0.0731. The Morgan fingerprint density at radius 1 is 1.19 bits per heavy atom. The van der Waals surface area contributed by atoms with E-state index in [4.69, 9.17) is 23.2 Å². The molecule has 0 aliphatic rings. The zero-order valence-electron chi connectivity index (χ0n) is 9.09. The number of carbonyl (C=O) groups is 2. The summed E-state index contributed by atoms with van der Waals surface area (Å²) in [6.07, 6.45) is -0.0877. The third kappa shape index (κ3) is 3.32. The molecule has 86 valence electrons. The number of rotatable bonds is 4. The van der Waals surface area contributed by atoms with Gasteiger partial charge in [-0.1, -0.05) is 37.0 Å². The molecule has 4 heteroatoms. The highest BCUT2D eigenvalue weighted by Crippen LogP contribution is 2.23. The van der Waals surface area contributed by atoms with Gasteiger partial charge in [-0.05, 0) is 18.2 Å². The van der Waals surface area contributed by atoms with Crippen molar-refractivity contribution in [2.45, 2.75) is 20.3 Å². The van der Waals surface area contributed by atoms with Gasteiger partial charge in [0, 0.05) is 11.5 Å². The van der Waals surface area contributed by atoms with Crippen molar-refractivity contribution in [2.75, 3.05) is 0 Å². The topological polar surface area (TPSA) is 34.1 Å². The number of ketones is 2. The van der Waals surface area contributed by atoms with E-state index in [0.717, 1.165) is 0 Å². The highest BCUT2D eigenvalue weighted by Gasteiger charge is 2.15. The molecule has 0 N–H and O–H groups in total. The minimum atomic E-state index is -0.225. The fourth-order valence-corrected chi connectivity index (χ4v) is 1.43. The zero-order valence-corrected chi connectivity index (χ0v) is 10.6. The Labute approximate surface area is 105 Å². The summed E-state index contributed by atoms with van der Waals surface area (Å²) in [4.78, 5) is 23.1. The lowest BCUT2D eigenvalue weighted by Crippen LogP contribution is -2.13. The number of benzene rings is 1. The lowest BCUT2D eigenvalue weighted by atomic mass is 10.00. The van der Waals surface area contributed by atoms with Crippen molar-refractivity contribution in [1.82, 2.24) is 0 Å². The molecule has 0 spiro atoms. The Balaban J connectivity index is 2.81. The molecule has 0 aromatic heterocycles. The van der Waals surface area contributed by atoms with Crippen LogP contribution in [-0.4, -0.2) is 11.6 Å². The van der Waals surface area contributed by atoms with Gasteiger partial charge in [-0.25, -0.2) is 0 Å². The molecule has 0 aliphatic carbocycles. The highest BCUT2D eigenvalue weighted by atomic mass is 35.5. The molecule has 0 radical (unpaired) electrons. The summed E-state index contributed by atoms with van der Waals surface area (Å²) in [5, 5.41) is 0.720. The second-order valence-electron chi connectivity index (χ2n) is 3.85. The molecule has 0 heterocycles. The highest BCUT2D eigenvalue weighted by molar-refractivity contribution is 6.42. The molecule has 2 nitrogen and oxygen atoms in total. The van der Waals surface area contributed by atoms with Crippen molar-refractivity contribution in [3.05, 3.63) is 33.8 Å². The standard InChI is InChI=1S/C12H12Cl2O2/c1-7(2)11(15)6-12(16)8-3-4-9(13)10(14)5-8/h3-5,7H,6H2,1-2H3. The quantitative estimate of drug-likeness (QED) is 0.609. The number of Topliss-reactive ketones (excluding diaryl/α,β-unsaturated/α-hetero) is 2. The van der Waals surface area contributed by atoms with E-state index in [1.807, 2.05) is 0 Å². The summed E-state index contributed by atoms with van der Waals surface area (Å²) < 4.78 is 0. The van der Waals surface area contributed by atoms with Crippen LogP contribution in [0.2, 0.25) is 10.0 Å². The van der Waals surface area contributed by atoms with E-state index in [0.29, 0.717) is 15.6 Å². The predicted octanol–water partition coefficient (Wildman–Crippen LogP) is 3.79. The molecule has 0 saturated heterocycles. The van der Waals surface area contributed by atoms with Crippen LogP contribution in [-0.2, 0) is 4.79 Å². The van der Waals surface area contributed by atoms with E-state index < -0.39 is 0 Å². The van der Waals surface area contributed by atoms with Crippen LogP contribution >= 0.6 is 23.2 Å². The van der Waals surface area contributed by atoms with Gasteiger partial charge in [0.25, 0.3) is 0 Å². The average Bonchev–Trinajstić information content (AvgIpc) is 2.21. The van der Waals surface area contributed by atoms with Crippen molar-refractivity contribution < 1.29 is 9.59 Å². The molecule has 1 aromatic rings. The van der Waals surface area contributed by atoms with Gasteiger partial charge in [-0.3, -0.25) is 9.59 Å². The monoisotopic (exact) mass is 258 g/mol. The second kappa shape index (κ2) is 5.46. The Morgan fingerprint density at radius 2 is 1.81 bits per heavy atom. The van der Waals surface area contributed by atoms with Crippen LogP contribution in [0.5, 0.6) is 0 Å². The molecular formula is C12H12Cl2O2. The van der Waals surface area contributed by atoms with Crippen LogP contribution < -0.4 is 0 Å². The summed E-state index contributed by atoms with van der Waals surface area (Å²) in [5.41, 5.74) is 0.420. The predicted molar refractivity (Wildman–Crippen MR) is 65.3 cm³/mol. The van der Waals surface area contributed by atoms with E-state index in [1.165, 1.54) is 6.07 Å². The first-order valence-electron chi connectivity index (χ1n) is 4.92. The number of halogens is 2. The van der Waals surface area contributed by atoms with Gasteiger partial charge < -0.3 is 0 Å². The van der Waals surface area contributed by atoms with E-state index in [2.05, 4.69) is 0 Å². The van der Waals surface area contributed by atoms with Gasteiger partial charge in [0.05, 0.1) is 16.5 Å². The number of hydrogen-bond acceptors (Lipinski definition) is 2. The molecule has 0 saturated carbocycles. The lowest BCUT2D eigenvalue weighted by Gasteiger charge is -2.04. The Hall–Kier alpha value is -0.860. The first kappa shape index (κ1) is 13.2. The van der Waals surface area contributed by atoms with Crippen LogP contribution in [0.15, 0.2) is 18.2 Å². The number of carbonyl (C=O) groups excluding carboxylic acids is 2. The van der Waals surface area contributed by atoms with Gasteiger partial charge in [0.15, 0.2) is 5.78 Å². The van der Waals surface area contributed by atoms with E-state index in [1.54, 1.807) is 26.0 Å². The van der Waals surface area contributed by atoms with E-state index >= 15 is 0 Å². The Bertz CT molecular complexity index is 425. The normalized spacial score (nSPS) is 10.6. The third-order valence-corrected chi connectivity index (χ3v) is 2.96. The molecule has 1 aromatic carbocycles. The maximum atomic E-state index is 11.7. The third-order valence-electron chi connectivity index (χ3n) is 2.22. The van der Waals surface area contributed by atoms with Gasteiger partial charge in [0.2, 0.25) is 0 Å². The largest absolute Gasteiger partial charge is 0.299 e. The smallest absolute Gasteiger partial charge is 0.170 e. The number of hydrogen-bond donors (Lipinski definition) is 0. The molecule has 0 bridgehead atoms. The summed E-state index contributed by atoms with van der Waals surface area (Å²) >= 11 is 11.5. The van der Waals surface area contributed by atoms with E-state index in [-0.39, 0.29) is 23.9 Å². The molecular weight excluding hydrogens is 247 g/mol. The van der Waals surface area contributed by atoms with Gasteiger partial charge >= 0.3 is 0 Å². The molecule has 1 rings (SSSR count). The second-order valence-corrected chi connectivity index (χ2v) is 4.66. The summed E-state index contributed by atoms with van der Waals surface area (Å²) in [5.74, 6) is -0.430. The van der Waals surface area contributed by atoms with E-state index in [9.17, 15) is 9.59 Å². The maximum absolute atomic E-state index is 11.7. The summed E-state index contributed by atoms with van der Waals surface area (Å²) in [7, 11) is 0. The van der Waals surface area contributed by atoms with Crippen LogP contribution in [0.1, 0.15) is 30.6 Å². The molecule has 0 aliphatic heterocycles. The summed E-state index contributed by atoms with van der Waals surface area (Å²) in [6, 6.07) is 4.61. The van der Waals surface area contributed by atoms with Gasteiger partial charge in [0.1, 0.15) is 5.78 Å². The first-order chi connectivity index (χ1) is 7.41. The van der Waals surface area contributed by atoms with Crippen LogP contribution in [0, 0.1) is 5.92 Å². The van der Waals surface area contributed by atoms with Crippen LogP contribution in [0.25, 0.3) is 0 Å². The molecule has 0 unspecified atom stereocenters. The fraction of sp³-hybridized carbons (Fsp3) is 0.333. The zero-order chi connectivity index (χ0) is 12.3. The molecule has 0 atom stereocenters. The van der Waals surface area contributed by atoms with Gasteiger partial charge in [-0.2, -0.15) is 0 Å². The lowest BCUT2D eigenvalue weighted by molar-refractivity contribution is -0.121. The Kier molecular flexibility index (Phi) is 4.51. The first-order valence-corrected chi connectivity index (χ1v) is 5.68. The Morgan fingerprint density at radius 3 is 2.31 bits per heavy atom. The van der Waals surface area contributed by atoms with Crippen molar-refractivity contribution in [3.63, 3.8) is 0 Å². The average molecular weight is 259 g/mol. The SMILES string of the molecule is CC(C)C(=O)CC(=O)c1ccc(Cl)c(Cl)c1. The van der Waals surface area contributed by atoms with Crippen molar-refractivity contribution in [2.24, 2.45) is 5.92 Å². The van der Waals surface area contributed by atoms with Gasteiger partial charge in [-0.15, -0.1) is 0 Å². The molecule has 16 heavy (non-hydrogen) atoms. The molecule has 0 amide bonds. The van der Waals surface area contributed by atoms with Crippen molar-refractivity contribution in [3.8, 4) is 0 Å². The van der Waals surface area contributed by atoms with Crippen molar-refractivity contribution >= 4 is 34.8 Å². The molecule has 0 fully saturated rings. The summed E-state index contributed by atoms with van der Waals surface area (Å²) in [6.45, 7) is 3.54. The fourth-order valence-electron chi connectivity index (χ4n) is 1.13. The minimum Gasteiger partial charge on any atom is -0.299 e. The van der Waals surface area contributed by atoms with Crippen LogP contribution in [0.4, 0.5) is 0 Å².